The molecule has 7 nitrogen and oxygen atoms in total. The van der Waals surface area contributed by atoms with E-state index in [0.717, 1.165) is 49.8 Å². The van der Waals surface area contributed by atoms with Crippen molar-refractivity contribution in [2.75, 3.05) is 29.9 Å². The van der Waals surface area contributed by atoms with E-state index in [1.54, 1.807) is 6.33 Å². The molecule has 1 unspecified atom stereocenters. The summed E-state index contributed by atoms with van der Waals surface area (Å²) in [7, 11) is 0. The molecule has 1 aliphatic rings. The summed E-state index contributed by atoms with van der Waals surface area (Å²) in [4.78, 5) is 15.6. The molecule has 0 aromatic carbocycles. The summed E-state index contributed by atoms with van der Waals surface area (Å²) in [6.45, 7) is 7.16. The maximum Gasteiger partial charge on any atom is 0.254 e. The molecular weight excluding hydrogens is 314 g/mol. The Kier molecular flexibility index (Phi) is 4.21. The number of hydrogen-bond acceptors (Lipinski definition) is 6. The lowest BCUT2D eigenvalue weighted by atomic mass is 10.1. The molecule has 1 aliphatic heterocycles. The highest BCUT2D eigenvalue weighted by Crippen LogP contribution is 2.25. The van der Waals surface area contributed by atoms with Crippen LogP contribution in [-0.2, 0) is 6.42 Å². The number of pyridine rings is 1. The van der Waals surface area contributed by atoms with Gasteiger partial charge in [-0.05, 0) is 43.4 Å². The molecule has 0 radical (unpaired) electrons. The van der Waals surface area contributed by atoms with Gasteiger partial charge < -0.3 is 10.2 Å². The van der Waals surface area contributed by atoms with Crippen LogP contribution in [0, 0.1) is 12.8 Å². The van der Waals surface area contributed by atoms with E-state index in [2.05, 4.69) is 56.2 Å². The zero-order valence-corrected chi connectivity index (χ0v) is 14.7. The van der Waals surface area contributed by atoms with Gasteiger partial charge in [-0.15, -0.1) is 0 Å². The summed E-state index contributed by atoms with van der Waals surface area (Å²) in [5.41, 5.74) is 2.28. The minimum atomic E-state index is 0.583. The minimum absolute atomic E-state index is 0.583. The highest BCUT2D eigenvalue weighted by atomic mass is 15.4. The van der Waals surface area contributed by atoms with Gasteiger partial charge in [0.05, 0.1) is 0 Å². The van der Waals surface area contributed by atoms with E-state index in [4.69, 9.17) is 0 Å². The molecule has 1 fully saturated rings. The van der Waals surface area contributed by atoms with Crippen molar-refractivity contribution in [2.45, 2.75) is 26.7 Å². The Bertz CT molecular complexity index is 873. The first-order valence-corrected chi connectivity index (χ1v) is 8.84. The predicted octanol–water partition coefficient (Wildman–Crippen LogP) is 2.33. The summed E-state index contributed by atoms with van der Waals surface area (Å²) in [6.07, 6.45) is 5.47. The van der Waals surface area contributed by atoms with Crippen LogP contribution in [0.5, 0.6) is 0 Å². The molecule has 0 bridgehead atoms. The smallest absolute Gasteiger partial charge is 0.254 e. The average molecular weight is 337 g/mol. The first-order valence-electron chi connectivity index (χ1n) is 8.84. The van der Waals surface area contributed by atoms with Crippen LogP contribution in [0.3, 0.4) is 0 Å². The quantitative estimate of drug-likeness (QED) is 0.770. The third-order valence-corrected chi connectivity index (χ3v) is 4.75. The monoisotopic (exact) mass is 337 g/mol. The SMILES string of the molecule is CCc1cc(N2CCC(CNc3cc(C)ccn3)C2)n2ncnc2n1. The number of nitrogens with one attached hydrogen (secondary N) is 1. The Morgan fingerprint density at radius 1 is 1.28 bits per heavy atom. The molecular formula is C18H23N7. The van der Waals surface area contributed by atoms with Gasteiger partial charge in [0.2, 0.25) is 0 Å². The fourth-order valence-electron chi connectivity index (χ4n) is 3.34. The van der Waals surface area contributed by atoms with Crippen LogP contribution < -0.4 is 10.2 Å². The number of nitrogens with zero attached hydrogens (tertiary/aromatic N) is 6. The second kappa shape index (κ2) is 6.66. The number of rotatable bonds is 5. The van der Waals surface area contributed by atoms with Crippen LogP contribution in [0.15, 0.2) is 30.7 Å². The molecule has 4 heterocycles. The van der Waals surface area contributed by atoms with Gasteiger partial charge in [-0.25, -0.2) is 9.97 Å². The topological polar surface area (TPSA) is 71.2 Å². The second-order valence-electron chi connectivity index (χ2n) is 6.63. The molecule has 0 aliphatic carbocycles. The lowest BCUT2D eigenvalue weighted by Gasteiger charge is -2.20. The van der Waals surface area contributed by atoms with E-state index in [0.29, 0.717) is 11.7 Å². The van der Waals surface area contributed by atoms with Crippen LogP contribution in [0.1, 0.15) is 24.6 Å². The normalized spacial score (nSPS) is 17.4. The maximum atomic E-state index is 4.53. The molecule has 7 heteroatoms. The summed E-state index contributed by atoms with van der Waals surface area (Å²) < 4.78 is 1.84. The molecule has 0 saturated carbocycles. The maximum absolute atomic E-state index is 4.53. The fourth-order valence-corrected chi connectivity index (χ4v) is 3.34. The molecule has 1 saturated heterocycles. The van der Waals surface area contributed by atoms with E-state index in [-0.39, 0.29) is 0 Å². The van der Waals surface area contributed by atoms with Crippen molar-refractivity contribution >= 4 is 17.4 Å². The van der Waals surface area contributed by atoms with E-state index in [1.807, 2.05) is 16.8 Å². The Morgan fingerprint density at radius 3 is 3.04 bits per heavy atom. The number of fused-ring (bicyclic) bond motifs is 1. The zero-order chi connectivity index (χ0) is 17.2. The number of aromatic nitrogens is 5. The van der Waals surface area contributed by atoms with Gasteiger partial charge in [-0.1, -0.05) is 6.92 Å². The average Bonchev–Trinajstić information content (AvgIpc) is 3.28. The van der Waals surface area contributed by atoms with Crippen LogP contribution in [0.2, 0.25) is 0 Å². The molecule has 0 spiro atoms. The molecule has 130 valence electrons. The predicted molar refractivity (Wildman–Crippen MR) is 97.9 cm³/mol. The summed E-state index contributed by atoms with van der Waals surface area (Å²) >= 11 is 0. The number of aryl methyl sites for hydroxylation is 2. The molecule has 1 atom stereocenters. The van der Waals surface area contributed by atoms with Crippen LogP contribution in [0.4, 0.5) is 11.6 Å². The van der Waals surface area contributed by atoms with Crippen molar-refractivity contribution in [3.63, 3.8) is 0 Å². The van der Waals surface area contributed by atoms with Crippen molar-refractivity contribution in [1.29, 1.82) is 0 Å². The van der Waals surface area contributed by atoms with Crippen LogP contribution in [-0.4, -0.2) is 44.2 Å². The van der Waals surface area contributed by atoms with Crippen molar-refractivity contribution in [3.05, 3.63) is 42.0 Å². The minimum Gasteiger partial charge on any atom is -0.370 e. The van der Waals surface area contributed by atoms with E-state index in [1.165, 1.54) is 5.56 Å². The Hall–Kier alpha value is -2.70. The van der Waals surface area contributed by atoms with Crippen molar-refractivity contribution in [1.82, 2.24) is 24.6 Å². The molecule has 3 aromatic rings. The molecule has 1 N–H and O–H groups in total. The van der Waals surface area contributed by atoms with Crippen LogP contribution in [0.25, 0.3) is 5.78 Å². The van der Waals surface area contributed by atoms with Gasteiger partial charge in [0.15, 0.2) is 0 Å². The first kappa shape index (κ1) is 15.8. The van der Waals surface area contributed by atoms with Gasteiger partial charge in [-0.2, -0.15) is 14.6 Å². The standard InChI is InChI=1S/C18H23N7/c1-3-15-9-17(25-18(23-15)21-12-22-25)24-7-5-14(11-24)10-20-16-8-13(2)4-6-19-16/h4,6,8-9,12,14H,3,5,7,10-11H2,1-2H3,(H,19,20). The van der Waals surface area contributed by atoms with E-state index >= 15 is 0 Å². The lowest BCUT2D eigenvalue weighted by molar-refractivity contribution is 0.620. The van der Waals surface area contributed by atoms with Crippen LogP contribution >= 0.6 is 0 Å². The second-order valence-corrected chi connectivity index (χ2v) is 6.63. The highest BCUT2D eigenvalue weighted by molar-refractivity contribution is 5.48. The summed E-state index contributed by atoms with van der Waals surface area (Å²) in [6, 6.07) is 6.24. The van der Waals surface area contributed by atoms with Gasteiger partial charge in [0, 0.05) is 37.6 Å². The number of hydrogen-bond donors (Lipinski definition) is 1. The Morgan fingerprint density at radius 2 is 2.20 bits per heavy atom. The molecule has 4 rings (SSSR count). The third-order valence-electron chi connectivity index (χ3n) is 4.75. The van der Waals surface area contributed by atoms with Gasteiger partial charge in [-0.3, -0.25) is 0 Å². The van der Waals surface area contributed by atoms with Crippen molar-refractivity contribution in [3.8, 4) is 0 Å². The third kappa shape index (κ3) is 3.26. The Labute approximate surface area is 147 Å². The van der Waals surface area contributed by atoms with Gasteiger partial charge >= 0.3 is 0 Å². The highest BCUT2D eigenvalue weighted by Gasteiger charge is 2.25. The van der Waals surface area contributed by atoms with Crippen molar-refractivity contribution < 1.29 is 0 Å². The summed E-state index contributed by atoms with van der Waals surface area (Å²) in [5.74, 6) is 3.31. The largest absolute Gasteiger partial charge is 0.370 e. The summed E-state index contributed by atoms with van der Waals surface area (Å²) in [5, 5.41) is 7.81. The molecule has 3 aromatic heterocycles. The molecule has 25 heavy (non-hydrogen) atoms. The first-order chi connectivity index (χ1) is 12.2. The van der Waals surface area contributed by atoms with E-state index in [9.17, 15) is 0 Å². The Balaban J connectivity index is 1.46. The van der Waals surface area contributed by atoms with Gasteiger partial charge in [0.25, 0.3) is 5.78 Å². The zero-order valence-electron chi connectivity index (χ0n) is 14.7. The lowest BCUT2D eigenvalue weighted by Crippen LogP contribution is -2.25. The van der Waals surface area contributed by atoms with Gasteiger partial charge in [0.1, 0.15) is 18.0 Å². The molecule has 0 amide bonds. The van der Waals surface area contributed by atoms with E-state index < -0.39 is 0 Å². The van der Waals surface area contributed by atoms with Crippen molar-refractivity contribution in [2.24, 2.45) is 5.92 Å². The fraction of sp³-hybridized carbons (Fsp3) is 0.444. The number of anilines is 2.